The van der Waals surface area contributed by atoms with E-state index in [1.807, 2.05) is 6.07 Å². The molecule has 0 aromatic heterocycles. The van der Waals surface area contributed by atoms with Gasteiger partial charge in [0.1, 0.15) is 0 Å². The molecule has 114 valence electrons. The van der Waals surface area contributed by atoms with Crippen molar-refractivity contribution in [1.29, 1.82) is 0 Å². The van der Waals surface area contributed by atoms with E-state index < -0.39 is 0 Å². The Morgan fingerprint density at radius 2 is 1.52 bits per heavy atom. The van der Waals surface area contributed by atoms with Crippen molar-refractivity contribution >= 4 is 12.7 Å². The van der Waals surface area contributed by atoms with E-state index in [0.717, 1.165) is 12.8 Å². The van der Waals surface area contributed by atoms with Gasteiger partial charge in [-0.25, -0.2) is 0 Å². The maximum absolute atomic E-state index is 6.24. The number of hydrogen-bond acceptors (Lipinski definition) is 2. The van der Waals surface area contributed by atoms with Crippen LogP contribution in [0.4, 0.5) is 0 Å². The first-order valence-corrected chi connectivity index (χ1v) is 7.89. The van der Waals surface area contributed by atoms with Gasteiger partial charge in [-0.15, -0.1) is 0 Å². The van der Waals surface area contributed by atoms with Crippen LogP contribution in [0.15, 0.2) is 35.8 Å². The van der Waals surface area contributed by atoms with Gasteiger partial charge in [-0.3, -0.25) is 0 Å². The van der Waals surface area contributed by atoms with Crippen LogP contribution in [-0.2, 0) is 9.31 Å². The van der Waals surface area contributed by atoms with Gasteiger partial charge in [-0.1, -0.05) is 43.7 Å². The molecule has 0 radical (unpaired) electrons. The minimum absolute atomic E-state index is 0.241. The smallest absolute Gasteiger partial charge is 0.400 e. The van der Waals surface area contributed by atoms with Crippen molar-refractivity contribution in [3.8, 4) is 0 Å². The van der Waals surface area contributed by atoms with Crippen LogP contribution in [0.25, 0.3) is 5.57 Å². The molecule has 0 saturated carbocycles. The fourth-order valence-corrected chi connectivity index (χ4v) is 2.61. The Hall–Kier alpha value is -1.06. The van der Waals surface area contributed by atoms with Crippen molar-refractivity contribution in [3.05, 3.63) is 41.4 Å². The van der Waals surface area contributed by atoms with Crippen molar-refractivity contribution in [3.63, 3.8) is 0 Å². The van der Waals surface area contributed by atoms with Gasteiger partial charge < -0.3 is 9.31 Å². The monoisotopic (exact) mass is 286 g/mol. The highest BCUT2D eigenvalue weighted by Crippen LogP contribution is 2.40. The molecule has 0 N–H and O–H groups in total. The molecule has 0 atom stereocenters. The second-order valence-corrected chi connectivity index (χ2v) is 6.85. The van der Waals surface area contributed by atoms with Gasteiger partial charge >= 0.3 is 7.12 Å². The summed E-state index contributed by atoms with van der Waals surface area (Å²) in [5, 5.41) is 0. The highest BCUT2D eigenvalue weighted by molar-refractivity contribution is 6.56. The molecular weight excluding hydrogens is 259 g/mol. The van der Waals surface area contributed by atoms with E-state index in [1.165, 1.54) is 16.6 Å². The molecule has 0 spiro atoms. The van der Waals surface area contributed by atoms with E-state index in [1.54, 1.807) is 0 Å². The van der Waals surface area contributed by atoms with Crippen LogP contribution in [0, 0.1) is 0 Å². The van der Waals surface area contributed by atoms with Crippen molar-refractivity contribution in [2.24, 2.45) is 0 Å². The first-order valence-electron chi connectivity index (χ1n) is 7.89. The average molecular weight is 286 g/mol. The molecule has 2 rings (SSSR count). The van der Waals surface area contributed by atoms with Crippen LogP contribution in [0.1, 0.15) is 59.9 Å². The van der Waals surface area contributed by atoms with Crippen molar-refractivity contribution in [1.82, 2.24) is 0 Å². The second-order valence-electron chi connectivity index (χ2n) is 6.85. The topological polar surface area (TPSA) is 18.5 Å². The number of benzene rings is 1. The molecule has 1 aliphatic rings. The largest absolute Gasteiger partial charge is 0.490 e. The highest BCUT2D eigenvalue weighted by Gasteiger charge is 2.52. The van der Waals surface area contributed by atoms with Crippen molar-refractivity contribution < 1.29 is 9.31 Å². The zero-order valence-corrected chi connectivity index (χ0v) is 14.2. The lowest BCUT2D eigenvalue weighted by atomic mass is 9.72. The zero-order chi connectivity index (χ0) is 15.7. The highest BCUT2D eigenvalue weighted by atomic mass is 16.7. The molecule has 1 aromatic rings. The quantitative estimate of drug-likeness (QED) is 0.733. The molecule has 0 aliphatic carbocycles. The maximum Gasteiger partial charge on any atom is 0.490 e. The van der Waals surface area contributed by atoms with Gasteiger partial charge in [0.25, 0.3) is 0 Å². The van der Waals surface area contributed by atoms with E-state index in [-0.39, 0.29) is 18.3 Å². The minimum Gasteiger partial charge on any atom is -0.400 e. The van der Waals surface area contributed by atoms with Gasteiger partial charge in [-0.2, -0.15) is 0 Å². The fourth-order valence-electron chi connectivity index (χ4n) is 2.61. The van der Waals surface area contributed by atoms with Gasteiger partial charge in [0.15, 0.2) is 0 Å². The predicted octanol–water partition coefficient (Wildman–Crippen LogP) is 4.89. The van der Waals surface area contributed by atoms with Crippen LogP contribution in [0.3, 0.4) is 0 Å². The van der Waals surface area contributed by atoms with Gasteiger partial charge in [0, 0.05) is 0 Å². The molecule has 1 fully saturated rings. The molecule has 21 heavy (non-hydrogen) atoms. The molecule has 0 bridgehead atoms. The predicted molar refractivity (Wildman–Crippen MR) is 90.0 cm³/mol. The Bertz CT molecular complexity index is 501. The van der Waals surface area contributed by atoms with Crippen LogP contribution in [0.2, 0.25) is 0 Å². The number of allylic oxidation sites excluding steroid dienone is 2. The summed E-state index contributed by atoms with van der Waals surface area (Å²) in [7, 11) is -0.241. The summed E-state index contributed by atoms with van der Waals surface area (Å²) in [5.74, 6) is 0. The normalized spacial score (nSPS) is 21.3. The lowest BCUT2D eigenvalue weighted by Crippen LogP contribution is -2.41. The van der Waals surface area contributed by atoms with E-state index in [2.05, 4.69) is 65.8 Å². The SMILES string of the molecule is CCC/C(B1OC(C)(C)C(C)(C)O1)=C(/C)c1ccccc1. The maximum atomic E-state index is 6.24. The summed E-state index contributed by atoms with van der Waals surface area (Å²) < 4.78 is 12.5. The third-order valence-corrected chi connectivity index (χ3v) is 4.75. The van der Waals surface area contributed by atoms with Crippen LogP contribution < -0.4 is 0 Å². The van der Waals surface area contributed by atoms with Gasteiger partial charge in [-0.05, 0) is 57.6 Å². The Labute approximate surface area is 129 Å². The third kappa shape index (κ3) is 3.24. The van der Waals surface area contributed by atoms with E-state index in [4.69, 9.17) is 9.31 Å². The summed E-state index contributed by atoms with van der Waals surface area (Å²) in [6.07, 6.45) is 2.08. The molecule has 0 unspecified atom stereocenters. The standard InChI is InChI=1S/C18H27BO2/c1-7-11-16(14(2)15-12-9-8-10-13-15)19-20-17(3,4)18(5,6)21-19/h8-10,12-13H,7,11H2,1-6H3/b16-14+. The zero-order valence-electron chi connectivity index (χ0n) is 14.2. The second kappa shape index (κ2) is 5.98. The number of rotatable bonds is 4. The van der Waals surface area contributed by atoms with Crippen LogP contribution in [-0.4, -0.2) is 18.3 Å². The van der Waals surface area contributed by atoms with Crippen LogP contribution in [0.5, 0.6) is 0 Å². The summed E-state index contributed by atoms with van der Waals surface area (Å²) in [4.78, 5) is 0. The van der Waals surface area contributed by atoms with E-state index >= 15 is 0 Å². The molecule has 1 aliphatic heterocycles. The molecule has 1 saturated heterocycles. The minimum atomic E-state index is -0.284. The van der Waals surface area contributed by atoms with Crippen molar-refractivity contribution in [2.45, 2.75) is 65.6 Å². The van der Waals surface area contributed by atoms with Gasteiger partial charge in [0.05, 0.1) is 11.2 Å². The summed E-state index contributed by atoms with van der Waals surface area (Å²) >= 11 is 0. The Kier molecular flexibility index (Phi) is 4.65. The first kappa shape index (κ1) is 16.3. The first-order chi connectivity index (χ1) is 9.78. The molecule has 0 amide bonds. The summed E-state index contributed by atoms with van der Waals surface area (Å²) in [6, 6.07) is 10.5. The third-order valence-electron chi connectivity index (χ3n) is 4.75. The lowest BCUT2D eigenvalue weighted by molar-refractivity contribution is 0.00578. The average Bonchev–Trinajstić information content (AvgIpc) is 2.65. The van der Waals surface area contributed by atoms with Crippen LogP contribution >= 0.6 is 0 Å². The fraction of sp³-hybridized carbons (Fsp3) is 0.556. The molecular formula is C18H27BO2. The van der Waals surface area contributed by atoms with E-state index in [9.17, 15) is 0 Å². The van der Waals surface area contributed by atoms with E-state index in [0.29, 0.717) is 0 Å². The molecule has 1 aromatic carbocycles. The Morgan fingerprint density at radius 1 is 1.00 bits per heavy atom. The lowest BCUT2D eigenvalue weighted by Gasteiger charge is -2.32. The molecule has 3 heteroatoms. The summed E-state index contributed by atoms with van der Waals surface area (Å²) in [5.41, 5.74) is 3.22. The summed E-state index contributed by atoms with van der Waals surface area (Å²) in [6.45, 7) is 12.8. The molecule has 1 heterocycles. The van der Waals surface area contributed by atoms with Gasteiger partial charge in [0.2, 0.25) is 0 Å². The Balaban J connectivity index is 2.37. The van der Waals surface area contributed by atoms with Crippen molar-refractivity contribution in [2.75, 3.05) is 0 Å². The molecule has 2 nitrogen and oxygen atoms in total. The Morgan fingerprint density at radius 3 is 2.00 bits per heavy atom. The number of hydrogen-bond donors (Lipinski definition) is 0.